The predicted octanol–water partition coefficient (Wildman–Crippen LogP) is 3.99. The number of ether oxygens (including phenoxy) is 1. The van der Waals surface area contributed by atoms with Crippen LogP contribution in [0.1, 0.15) is 10.4 Å². The van der Waals surface area contributed by atoms with Gasteiger partial charge < -0.3 is 10.5 Å². The molecule has 3 nitrogen and oxygen atoms in total. The Morgan fingerprint density at radius 1 is 1.17 bits per heavy atom. The molecule has 92 valence electrons. The zero-order valence-electron chi connectivity index (χ0n) is 9.19. The van der Waals surface area contributed by atoms with Crippen molar-refractivity contribution in [1.82, 2.24) is 0 Å². The minimum atomic E-state index is -0.618. The molecule has 0 aliphatic heterocycles. The van der Waals surface area contributed by atoms with Crippen molar-refractivity contribution in [2.24, 2.45) is 5.73 Å². The number of halogens is 2. The van der Waals surface area contributed by atoms with E-state index in [0.29, 0.717) is 11.5 Å². The molecule has 1 amide bonds. The summed E-state index contributed by atoms with van der Waals surface area (Å²) in [5, 5.41) is 0.275. The summed E-state index contributed by atoms with van der Waals surface area (Å²) >= 11 is 9.26. The van der Waals surface area contributed by atoms with E-state index in [1.807, 2.05) is 12.1 Å². The number of carbonyl (C=O) groups excluding carboxylic acids is 1. The Morgan fingerprint density at radius 2 is 1.83 bits per heavy atom. The smallest absolute Gasteiger partial charge is 0.254 e. The lowest BCUT2D eigenvalue weighted by Crippen LogP contribution is -2.12. The van der Waals surface area contributed by atoms with Gasteiger partial charge in [0.05, 0.1) is 5.02 Å². The molecule has 2 N–H and O–H groups in total. The zero-order valence-corrected chi connectivity index (χ0v) is 11.5. The van der Waals surface area contributed by atoms with Crippen LogP contribution in [0.15, 0.2) is 46.9 Å². The molecule has 2 rings (SSSR count). The summed E-state index contributed by atoms with van der Waals surface area (Å²) in [4.78, 5) is 11.3. The maximum absolute atomic E-state index is 11.3. The highest BCUT2D eigenvalue weighted by atomic mass is 79.9. The van der Waals surface area contributed by atoms with Gasteiger partial charge in [-0.3, -0.25) is 4.79 Å². The van der Waals surface area contributed by atoms with Crippen molar-refractivity contribution in [3.05, 3.63) is 57.5 Å². The maximum Gasteiger partial charge on any atom is 0.254 e. The van der Waals surface area contributed by atoms with Gasteiger partial charge in [0.15, 0.2) is 0 Å². The fraction of sp³-hybridized carbons (Fsp3) is 0. The van der Waals surface area contributed by atoms with E-state index >= 15 is 0 Å². The molecule has 2 aromatic rings. The van der Waals surface area contributed by atoms with Crippen LogP contribution >= 0.6 is 27.5 Å². The van der Waals surface area contributed by atoms with E-state index in [2.05, 4.69) is 15.9 Å². The first-order valence-corrected chi connectivity index (χ1v) is 6.27. The van der Waals surface area contributed by atoms with Gasteiger partial charge in [0.2, 0.25) is 0 Å². The average Bonchev–Trinajstić information content (AvgIpc) is 2.32. The molecule has 0 saturated heterocycles. The summed E-state index contributed by atoms with van der Waals surface area (Å²) in [5.41, 5.74) is 5.46. The zero-order chi connectivity index (χ0) is 13.1. The fourth-order valence-electron chi connectivity index (χ4n) is 1.46. The van der Waals surface area contributed by atoms with E-state index in [4.69, 9.17) is 22.1 Å². The first-order valence-electron chi connectivity index (χ1n) is 5.09. The van der Waals surface area contributed by atoms with Crippen LogP contribution in [0.25, 0.3) is 0 Å². The molecule has 0 bridgehead atoms. The molecule has 0 radical (unpaired) electrons. The Kier molecular flexibility index (Phi) is 3.89. The Hall–Kier alpha value is -1.52. The molecule has 2 aromatic carbocycles. The van der Waals surface area contributed by atoms with Gasteiger partial charge in [-0.15, -0.1) is 0 Å². The van der Waals surface area contributed by atoms with Crippen LogP contribution in [-0.2, 0) is 0 Å². The van der Waals surface area contributed by atoms with E-state index in [1.54, 1.807) is 30.3 Å². The van der Waals surface area contributed by atoms with Gasteiger partial charge >= 0.3 is 0 Å². The minimum absolute atomic E-state index is 0.182. The predicted molar refractivity (Wildman–Crippen MR) is 74.2 cm³/mol. The van der Waals surface area contributed by atoms with Crippen molar-refractivity contribution in [3.8, 4) is 11.5 Å². The third-order valence-corrected chi connectivity index (χ3v) is 3.11. The van der Waals surface area contributed by atoms with Crippen LogP contribution in [0.2, 0.25) is 5.02 Å². The van der Waals surface area contributed by atoms with E-state index in [1.165, 1.54) is 0 Å². The van der Waals surface area contributed by atoms with Gasteiger partial charge in [0.25, 0.3) is 5.91 Å². The molecule has 0 aromatic heterocycles. The Morgan fingerprint density at radius 3 is 2.44 bits per heavy atom. The number of rotatable bonds is 3. The number of primary amides is 1. The van der Waals surface area contributed by atoms with Crippen LogP contribution in [0, 0.1) is 0 Å². The number of hydrogen-bond acceptors (Lipinski definition) is 2. The third-order valence-electron chi connectivity index (χ3n) is 2.26. The molecule has 0 spiro atoms. The SMILES string of the molecule is NC(=O)c1c(Cl)cccc1Oc1ccc(Br)cc1. The molecule has 5 heteroatoms. The topological polar surface area (TPSA) is 52.3 Å². The summed E-state index contributed by atoms with van der Waals surface area (Å²) in [5.74, 6) is 0.327. The quantitative estimate of drug-likeness (QED) is 0.927. The molecule has 0 aliphatic carbocycles. The molecular formula is C13H9BrClNO2. The second-order valence-corrected chi connectivity index (χ2v) is 4.86. The molecule has 18 heavy (non-hydrogen) atoms. The van der Waals surface area contributed by atoms with Crippen molar-refractivity contribution >= 4 is 33.4 Å². The molecule has 0 unspecified atom stereocenters. The first-order chi connectivity index (χ1) is 8.58. The van der Waals surface area contributed by atoms with Crippen LogP contribution in [0.5, 0.6) is 11.5 Å². The van der Waals surface area contributed by atoms with Gasteiger partial charge in [-0.1, -0.05) is 33.6 Å². The molecule has 0 atom stereocenters. The highest BCUT2D eigenvalue weighted by molar-refractivity contribution is 9.10. The van der Waals surface area contributed by atoms with Crippen LogP contribution in [0.4, 0.5) is 0 Å². The van der Waals surface area contributed by atoms with Crippen molar-refractivity contribution in [1.29, 1.82) is 0 Å². The summed E-state index contributed by atoms with van der Waals surface area (Å²) in [6.45, 7) is 0. The number of amides is 1. The lowest BCUT2D eigenvalue weighted by Gasteiger charge is -2.10. The van der Waals surface area contributed by atoms with Crippen molar-refractivity contribution in [2.75, 3.05) is 0 Å². The lowest BCUT2D eigenvalue weighted by atomic mass is 10.2. The standard InChI is InChI=1S/C13H9BrClNO2/c14-8-4-6-9(7-5-8)18-11-3-1-2-10(15)12(11)13(16)17/h1-7H,(H2,16,17). The van der Waals surface area contributed by atoms with E-state index in [-0.39, 0.29) is 10.6 Å². The number of hydrogen-bond donors (Lipinski definition) is 1. The highest BCUT2D eigenvalue weighted by Gasteiger charge is 2.14. The normalized spacial score (nSPS) is 10.1. The number of carbonyl (C=O) groups is 1. The molecule has 0 aliphatic rings. The molecule has 0 fully saturated rings. The van der Waals surface area contributed by atoms with Gasteiger partial charge in [-0.25, -0.2) is 0 Å². The van der Waals surface area contributed by atoms with E-state index in [9.17, 15) is 4.79 Å². The minimum Gasteiger partial charge on any atom is -0.456 e. The summed E-state index contributed by atoms with van der Waals surface area (Å²) in [7, 11) is 0. The van der Waals surface area contributed by atoms with Gasteiger partial charge in [0.1, 0.15) is 17.1 Å². The molecule has 0 saturated carbocycles. The van der Waals surface area contributed by atoms with Crippen molar-refractivity contribution in [2.45, 2.75) is 0 Å². The monoisotopic (exact) mass is 325 g/mol. The largest absolute Gasteiger partial charge is 0.456 e. The fourth-order valence-corrected chi connectivity index (χ4v) is 1.98. The van der Waals surface area contributed by atoms with Crippen molar-refractivity contribution < 1.29 is 9.53 Å². The van der Waals surface area contributed by atoms with Gasteiger partial charge in [-0.2, -0.15) is 0 Å². The van der Waals surface area contributed by atoms with Crippen LogP contribution in [0.3, 0.4) is 0 Å². The Balaban J connectivity index is 2.37. The second-order valence-electron chi connectivity index (χ2n) is 3.53. The summed E-state index contributed by atoms with van der Waals surface area (Å²) < 4.78 is 6.54. The van der Waals surface area contributed by atoms with Gasteiger partial charge in [-0.05, 0) is 36.4 Å². The average molecular weight is 327 g/mol. The molecular weight excluding hydrogens is 318 g/mol. The van der Waals surface area contributed by atoms with Crippen LogP contribution < -0.4 is 10.5 Å². The number of nitrogens with two attached hydrogens (primary N) is 1. The summed E-state index contributed by atoms with van der Waals surface area (Å²) in [6, 6.07) is 12.2. The number of benzene rings is 2. The lowest BCUT2D eigenvalue weighted by molar-refractivity contribution is 0.0998. The Labute approximate surface area is 118 Å². The van der Waals surface area contributed by atoms with E-state index < -0.39 is 5.91 Å². The third kappa shape index (κ3) is 2.83. The first kappa shape index (κ1) is 12.9. The van der Waals surface area contributed by atoms with Gasteiger partial charge in [0, 0.05) is 4.47 Å². The second kappa shape index (κ2) is 5.42. The van der Waals surface area contributed by atoms with E-state index in [0.717, 1.165) is 4.47 Å². The highest BCUT2D eigenvalue weighted by Crippen LogP contribution is 2.30. The maximum atomic E-state index is 11.3. The Bertz CT molecular complexity index is 584. The van der Waals surface area contributed by atoms with Crippen molar-refractivity contribution in [3.63, 3.8) is 0 Å². The molecule has 0 heterocycles. The van der Waals surface area contributed by atoms with Crippen LogP contribution in [-0.4, -0.2) is 5.91 Å². The summed E-state index contributed by atoms with van der Waals surface area (Å²) in [6.07, 6.45) is 0.